The van der Waals surface area contributed by atoms with Crippen LogP contribution in [0.4, 0.5) is 4.79 Å². The van der Waals surface area contributed by atoms with Gasteiger partial charge in [0.05, 0.1) is 31.4 Å². The highest BCUT2D eigenvalue weighted by Gasteiger charge is 2.37. The van der Waals surface area contributed by atoms with Crippen LogP contribution in [0.3, 0.4) is 0 Å². The Labute approximate surface area is 208 Å². The summed E-state index contributed by atoms with van der Waals surface area (Å²) >= 11 is 1.67. The molecule has 0 radical (unpaired) electrons. The van der Waals surface area contributed by atoms with E-state index in [4.69, 9.17) is 19.0 Å². The summed E-state index contributed by atoms with van der Waals surface area (Å²) in [4.78, 5) is 20.8. The van der Waals surface area contributed by atoms with Gasteiger partial charge in [0, 0.05) is 22.8 Å². The lowest BCUT2D eigenvalue weighted by atomic mass is 9.94. The van der Waals surface area contributed by atoms with Gasteiger partial charge in [0.1, 0.15) is 5.75 Å². The van der Waals surface area contributed by atoms with Crippen LogP contribution in [-0.4, -0.2) is 53.7 Å². The highest BCUT2D eigenvalue weighted by molar-refractivity contribution is 7.98. The van der Waals surface area contributed by atoms with E-state index in [1.807, 2.05) is 61.7 Å². The molecule has 2 amide bonds. The number of aromatic nitrogens is 2. The third kappa shape index (κ3) is 4.78. The van der Waals surface area contributed by atoms with Crippen LogP contribution in [0.2, 0.25) is 0 Å². The van der Waals surface area contributed by atoms with E-state index in [9.17, 15) is 4.79 Å². The Morgan fingerprint density at radius 2 is 2.06 bits per heavy atom. The number of amides is 2. The van der Waals surface area contributed by atoms with Gasteiger partial charge in [-0.2, -0.15) is 4.98 Å². The van der Waals surface area contributed by atoms with Crippen molar-refractivity contribution >= 4 is 23.4 Å². The average Bonchev–Trinajstić information content (AvgIpc) is 3.59. The van der Waals surface area contributed by atoms with Gasteiger partial charge in [-0.15, -0.1) is 11.8 Å². The summed E-state index contributed by atoms with van der Waals surface area (Å²) in [7, 11) is 1.62. The van der Waals surface area contributed by atoms with E-state index >= 15 is 0 Å². The molecule has 1 N–H and O–H groups in total. The lowest BCUT2D eigenvalue weighted by molar-refractivity contribution is 0.0877. The second-order valence-electron chi connectivity index (χ2n) is 8.56. The third-order valence-electron chi connectivity index (χ3n) is 6.44. The normalized spacial score (nSPS) is 20.3. The zero-order valence-electron chi connectivity index (χ0n) is 20.0. The molecular formula is C26H28N4O4S. The predicted octanol–water partition coefficient (Wildman–Crippen LogP) is 5.14. The van der Waals surface area contributed by atoms with Crippen LogP contribution >= 0.6 is 11.8 Å². The van der Waals surface area contributed by atoms with Gasteiger partial charge in [0.2, 0.25) is 5.82 Å². The summed E-state index contributed by atoms with van der Waals surface area (Å²) in [6, 6.07) is 15.1. The quantitative estimate of drug-likeness (QED) is 0.457. The molecule has 35 heavy (non-hydrogen) atoms. The van der Waals surface area contributed by atoms with Gasteiger partial charge in [0.25, 0.3) is 5.89 Å². The zero-order chi connectivity index (χ0) is 24.4. The minimum atomic E-state index is -0.419. The topological polar surface area (TPSA) is 89.7 Å². The van der Waals surface area contributed by atoms with Crippen molar-refractivity contribution in [3.8, 4) is 17.1 Å². The maximum atomic E-state index is 13.2. The number of nitrogens with zero attached hydrogens (tertiary/aromatic N) is 3. The second kappa shape index (κ2) is 10.1. The Morgan fingerprint density at radius 1 is 1.23 bits per heavy atom. The van der Waals surface area contributed by atoms with Gasteiger partial charge < -0.3 is 19.3 Å². The molecule has 1 fully saturated rings. The Hall–Kier alpha value is -3.30. The molecule has 2 aliphatic rings. The predicted molar refractivity (Wildman–Crippen MR) is 134 cm³/mol. The molecule has 182 valence electrons. The molecule has 3 heterocycles. The Morgan fingerprint density at radius 3 is 2.77 bits per heavy atom. The summed E-state index contributed by atoms with van der Waals surface area (Å²) in [5, 5.41) is 7.40. The van der Waals surface area contributed by atoms with E-state index in [2.05, 4.69) is 10.5 Å². The highest BCUT2D eigenvalue weighted by atomic mass is 32.2. The van der Waals surface area contributed by atoms with Crippen molar-refractivity contribution in [2.45, 2.75) is 36.8 Å². The summed E-state index contributed by atoms with van der Waals surface area (Å²) < 4.78 is 16.9. The molecule has 0 bridgehead atoms. The van der Waals surface area contributed by atoms with Crippen molar-refractivity contribution in [2.75, 3.05) is 26.5 Å². The fourth-order valence-electron chi connectivity index (χ4n) is 4.53. The minimum absolute atomic E-state index is 0.0180. The molecule has 8 nitrogen and oxygen atoms in total. The second-order valence-corrected chi connectivity index (χ2v) is 9.44. The van der Waals surface area contributed by atoms with E-state index < -0.39 is 6.04 Å². The van der Waals surface area contributed by atoms with Crippen LogP contribution in [-0.2, 0) is 4.74 Å². The number of methoxy groups -OCH3 is 1. The molecular weight excluding hydrogens is 464 g/mol. The fraction of sp³-hybridized carbons (Fsp3) is 0.346. The average molecular weight is 493 g/mol. The van der Waals surface area contributed by atoms with E-state index in [0.29, 0.717) is 24.0 Å². The largest absolute Gasteiger partial charge is 0.497 e. The number of rotatable bonds is 7. The van der Waals surface area contributed by atoms with Crippen molar-refractivity contribution in [3.05, 3.63) is 65.7 Å². The van der Waals surface area contributed by atoms with E-state index in [1.54, 1.807) is 23.8 Å². The van der Waals surface area contributed by atoms with Crippen molar-refractivity contribution in [2.24, 2.45) is 0 Å². The van der Waals surface area contributed by atoms with Crippen LogP contribution in [0.5, 0.6) is 5.75 Å². The van der Waals surface area contributed by atoms with Crippen LogP contribution in [0.25, 0.3) is 17.0 Å². The standard InChI is InChI=1S/C26H28N4O4S/c1-16-22(25-28-24(29-34-25)18-6-4-7-19(14-18)32-2)23(17-9-11-21(35-3)12-10-17)27-26(31)30(16)15-20-8-5-13-33-20/h4,6-7,9-12,14,20,23H,5,8,13,15H2,1-3H3,(H,27,31). The zero-order valence-corrected chi connectivity index (χ0v) is 20.8. The molecule has 0 spiro atoms. The summed E-state index contributed by atoms with van der Waals surface area (Å²) in [6.45, 7) is 3.14. The smallest absolute Gasteiger partial charge is 0.322 e. The maximum Gasteiger partial charge on any atom is 0.322 e. The molecule has 2 aliphatic heterocycles. The van der Waals surface area contributed by atoms with E-state index in [1.165, 1.54) is 0 Å². The number of thioether (sulfide) groups is 1. The Balaban J connectivity index is 1.56. The molecule has 3 aromatic rings. The van der Waals surface area contributed by atoms with Crippen LogP contribution in [0.15, 0.2) is 63.6 Å². The SMILES string of the molecule is COc1cccc(-c2noc(C3=C(C)N(CC4CCCO4)C(=O)NC3c3ccc(SC)cc3)n2)c1. The van der Waals surface area contributed by atoms with Gasteiger partial charge >= 0.3 is 6.03 Å². The fourth-order valence-corrected chi connectivity index (χ4v) is 4.94. The summed E-state index contributed by atoms with van der Waals surface area (Å²) in [6.07, 6.45) is 4.00. The molecule has 0 saturated carbocycles. The van der Waals surface area contributed by atoms with Crippen molar-refractivity contribution in [1.29, 1.82) is 0 Å². The van der Waals surface area contributed by atoms with Crippen molar-refractivity contribution in [3.63, 3.8) is 0 Å². The number of carbonyl (C=O) groups excluding carboxylic acids is 1. The van der Waals surface area contributed by atoms with Crippen LogP contribution in [0, 0.1) is 0 Å². The number of hydrogen-bond acceptors (Lipinski definition) is 7. The third-order valence-corrected chi connectivity index (χ3v) is 7.18. The lowest BCUT2D eigenvalue weighted by Gasteiger charge is -2.36. The first kappa shape index (κ1) is 23.4. The van der Waals surface area contributed by atoms with Crippen LogP contribution in [0.1, 0.15) is 37.3 Å². The monoisotopic (exact) mass is 492 g/mol. The highest BCUT2D eigenvalue weighted by Crippen LogP contribution is 2.38. The Kier molecular flexibility index (Phi) is 6.79. The molecule has 1 saturated heterocycles. The number of benzene rings is 2. The van der Waals surface area contributed by atoms with Gasteiger partial charge in [0.15, 0.2) is 0 Å². The number of carbonyl (C=O) groups is 1. The molecule has 1 aromatic heterocycles. The first-order valence-corrected chi connectivity index (χ1v) is 12.8. The van der Waals surface area contributed by atoms with E-state index in [0.717, 1.165) is 46.7 Å². The summed E-state index contributed by atoms with van der Waals surface area (Å²) in [5.41, 5.74) is 3.29. The van der Waals surface area contributed by atoms with Crippen LogP contribution < -0.4 is 10.1 Å². The molecule has 2 atom stereocenters. The summed E-state index contributed by atoms with van der Waals surface area (Å²) in [5.74, 6) is 1.54. The van der Waals surface area contributed by atoms with Gasteiger partial charge in [-0.1, -0.05) is 29.4 Å². The molecule has 5 rings (SSSR count). The number of allylic oxidation sites excluding steroid dienone is 1. The molecule has 9 heteroatoms. The number of urea groups is 1. The maximum absolute atomic E-state index is 13.2. The number of ether oxygens (including phenoxy) is 2. The first-order chi connectivity index (χ1) is 17.1. The van der Waals surface area contributed by atoms with E-state index in [-0.39, 0.29) is 12.1 Å². The van der Waals surface area contributed by atoms with Crippen molar-refractivity contribution < 1.29 is 18.8 Å². The van der Waals surface area contributed by atoms with Gasteiger partial charge in [-0.05, 0) is 55.9 Å². The van der Waals surface area contributed by atoms with Gasteiger partial charge in [-0.25, -0.2) is 4.79 Å². The molecule has 2 unspecified atom stereocenters. The molecule has 2 aromatic carbocycles. The minimum Gasteiger partial charge on any atom is -0.497 e. The lowest BCUT2D eigenvalue weighted by Crippen LogP contribution is -2.48. The molecule has 0 aliphatic carbocycles. The number of hydrogen-bond donors (Lipinski definition) is 1. The first-order valence-electron chi connectivity index (χ1n) is 11.6. The van der Waals surface area contributed by atoms with Crippen molar-refractivity contribution in [1.82, 2.24) is 20.4 Å². The Bertz CT molecular complexity index is 1230. The van der Waals surface area contributed by atoms with Gasteiger partial charge in [-0.3, -0.25) is 4.90 Å². The number of nitrogens with one attached hydrogen (secondary N) is 1.